The van der Waals surface area contributed by atoms with E-state index in [1.807, 2.05) is 19.1 Å². The molecule has 1 heterocycles. The molecular weight excluding hydrogens is 400 g/mol. The molecule has 5 nitrogen and oxygen atoms in total. The van der Waals surface area contributed by atoms with E-state index < -0.39 is 0 Å². The van der Waals surface area contributed by atoms with Crippen molar-refractivity contribution in [1.82, 2.24) is 9.80 Å². The summed E-state index contributed by atoms with van der Waals surface area (Å²) in [7, 11) is 0. The fraction of sp³-hybridized carbons (Fsp3) is 0.458. The first-order chi connectivity index (χ1) is 14.7. The summed E-state index contributed by atoms with van der Waals surface area (Å²) in [5, 5.41) is 0.758. The fourth-order valence-electron chi connectivity index (χ4n) is 3.75. The first kappa shape index (κ1) is 22.8. The van der Waals surface area contributed by atoms with Crippen LogP contribution in [0.2, 0.25) is 5.02 Å². The number of ether oxygens (including phenoxy) is 2. The van der Waals surface area contributed by atoms with Crippen molar-refractivity contribution in [2.45, 2.75) is 19.4 Å². The van der Waals surface area contributed by atoms with E-state index in [2.05, 4.69) is 52.3 Å². The Morgan fingerprint density at radius 2 is 1.63 bits per heavy atom. The maximum absolute atomic E-state index is 11.5. The highest BCUT2D eigenvalue weighted by atomic mass is 35.5. The van der Waals surface area contributed by atoms with Crippen LogP contribution in [0.25, 0.3) is 0 Å². The normalized spacial score (nSPS) is 16.3. The lowest BCUT2D eigenvalue weighted by Crippen LogP contribution is -2.48. The molecule has 2 aromatic carbocycles. The number of halogens is 1. The highest BCUT2D eigenvalue weighted by Gasteiger charge is 2.26. The molecule has 2 aromatic rings. The Balaban J connectivity index is 1.51. The number of nitrogens with zero attached hydrogens (tertiary/aromatic N) is 2. The quantitative estimate of drug-likeness (QED) is 0.420. The molecule has 0 aromatic heterocycles. The maximum atomic E-state index is 11.5. The third-order valence-corrected chi connectivity index (χ3v) is 5.56. The van der Waals surface area contributed by atoms with E-state index in [9.17, 15) is 4.79 Å². The van der Waals surface area contributed by atoms with Crippen LogP contribution in [-0.2, 0) is 14.3 Å². The molecule has 1 saturated heterocycles. The predicted molar refractivity (Wildman–Crippen MR) is 120 cm³/mol. The molecule has 162 valence electrons. The fourth-order valence-corrected chi connectivity index (χ4v) is 3.87. The molecule has 0 spiro atoms. The van der Waals surface area contributed by atoms with Crippen LogP contribution in [-0.4, -0.2) is 68.3 Å². The molecule has 0 unspecified atom stereocenters. The highest BCUT2D eigenvalue weighted by molar-refractivity contribution is 6.30. The Hall–Kier alpha value is -1.92. The van der Waals surface area contributed by atoms with Crippen LogP contribution in [0.5, 0.6) is 0 Å². The number of esters is 1. The molecule has 6 heteroatoms. The minimum absolute atomic E-state index is 0.0343. The summed E-state index contributed by atoms with van der Waals surface area (Å²) < 4.78 is 10.5. The van der Waals surface area contributed by atoms with Gasteiger partial charge in [0.05, 0.1) is 19.3 Å². The average molecular weight is 431 g/mol. The molecule has 1 atom stereocenters. The van der Waals surface area contributed by atoms with Crippen molar-refractivity contribution in [1.29, 1.82) is 0 Å². The van der Waals surface area contributed by atoms with E-state index in [1.165, 1.54) is 11.1 Å². The molecule has 0 amide bonds. The van der Waals surface area contributed by atoms with Crippen molar-refractivity contribution in [2.75, 3.05) is 52.5 Å². The molecule has 1 aliphatic rings. The Morgan fingerprint density at radius 3 is 2.30 bits per heavy atom. The molecule has 3 rings (SSSR count). The van der Waals surface area contributed by atoms with Crippen LogP contribution in [0.1, 0.15) is 30.5 Å². The first-order valence-corrected chi connectivity index (χ1v) is 11.1. The van der Waals surface area contributed by atoms with Gasteiger partial charge in [0.1, 0.15) is 6.61 Å². The van der Waals surface area contributed by atoms with Crippen molar-refractivity contribution in [3.63, 3.8) is 0 Å². The topological polar surface area (TPSA) is 42.0 Å². The van der Waals surface area contributed by atoms with Gasteiger partial charge >= 0.3 is 5.97 Å². The molecule has 1 aliphatic heterocycles. The summed E-state index contributed by atoms with van der Waals surface area (Å²) in [6, 6.07) is 19.0. The Bertz CT molecular complexity index is 762. The zero-order chi connectivity index (χ0) is 21.2. The molecule has 0 aliphatic carbocycles. The number of hydrogen-bond donors (Lipinski definition) is 0. The summed E-state index contributed by atoms with van der Waals surface area (Å²) in [6.45, 7) is 7.73. The van der Waals surface area contributed by atoms with E-state index in [0.717, 1.165) is 44.2 Å². The summed E-state index contributed by atoms with van der Waals surface area (Å²) in [6.07, 6.45) is 0.829. The number of piperazine rings is 1. The summed E-state index contributed by atoms with van der Waals surface area (Å²) in [5.74, 6) is -0.282. The van der Waals surface area contributed by atoms with Gasteiger partial charge in [0.2, 0.25) is 0 Å². The Kier molecular flexibility index (Phi) is 9.15. The van der Waals surface area contributed by atoms with Gasteiger partial charge < -0.3 is 9.47 Å². The zero-order valence-electron chi connectivity index (χ0n) is 17.6. The second kappa shape index (κ2) is 12.1. The second-order valence-electron chi connectivity index (χ2n) is 7.52. The van der Waals surface area contributed by atoms with E-state index in [4.69, 9.17) is 21.1 Å². The van der Waals surface area contributed by atoms with Gasteiger partial charge in [-0.05, 0) is 29.7 Å². The van der Waals surface area contributed by atoms with Crippen LogP contribution >= 0.6 is 11.6 Å². The van der Waals surface area contributed by atoms with Gasteiger partial charge in [-0.15, -0.1) is 0 Å². The number of benzene rings is 2. The zero-order valence-corrected chi connectivity index (χ0v) is 18.4. The molecule has 30 heavy (non-hydrogen) atoms. The first-order valence-electron chi connectivity index (χ1n) is 10.7. The third-order valence-electron chi connectivity index (χ3n) is 5.31. The van der Waals surface area contributed by atoms with Gasteiger partial charge in [-0.2, -0.15) is 0 Å². The summed E-state index contributed by atoms with van der Waals surface area (Å²) in [5.41, 5.74) is 2.55. The van der Waals surface area contributed by atoms with Crippen LogP contribution in [0.15, 0.2) is 54.6 Å². The standard InChI is InChI=1S/C24H31ClN2O3/c1-2-17-30-23(28)19-29-18-16-26-12-14-27(15-13-26)24(20-6-4-3-5-7-20)21-8-10-22(25)11-9-21/h3-11,24H,2,12-19H2,1H3/t24-/m1/s1. The minimum atomic E-state index is -0.282. The highest BCUT2D eigenvalue weighted by Crippen LogP contribution is 2.30. The molecule has 0 bridgehead atoms. The van der Waals surface area contributed by atoms with Gasteiger partial charge in [0.25, 0.3) is 0 Å². The molecule has 0 radical (unpaired) electrons. The van der Waals surface area contributed by atoms with Gasteiger partial charge in [-0.3, -0.25) is 9.80 Å². The SMILES string of the molecule is CCCOC(=O)COCCN1CCN([C@H](c2ccccc2)c2ccc(Cl)cc2)CC1. The van der Waals surface area contributed by atoms with Crippen molar-refractivity contribution in [3.05, 3.63) is 70.7 Å². The number of hydrogen-bond acceptors (Lipinski definition) is 5. The van der Waals surface area contributed by atoms with E-state index in [-0.39, 0.29) is 18.6 Å². The van der Waals surface area contributed by atoms with Gasteiger partial charge in [-0.25, -0.2) is 4.79 Å². The van der Waals surface area contributed by atoms with Crippen LogP contribution < -0.4 is 0 Å². The van der Waals surface area contributed by atoms with Crippen LogP contribution in [0, 0.1) is 0 Å². The monoisotopic (exact) mass is 430 g/mol. The van der Waals surface area contributed by atoms with Gasteiger partial charge in [0, 0.05) is 37.7 Å². The lowest BCUT2D eigenvalue weighted by molar-refractivity contribution is -0.149. The average Bonchev–Trinajstić information content (AvgIpc) is 2.78. The molecule has 1 fully saturated rings. The van der Waals surface area contributed by atoms with E-state index in [1.54, 1.807) is 0 Å². The second-order valence-corrected chi connectivity index (χ2v) is 7.95. The number of rotatable bonds is 10. The summed E-state index contributed by atoms with van der Waals surface area (Å²) in [4.78, 5) is 16.4. The van der Waals surface area contributed by atoms with Gasteiger partial charge in [0.15, 0.2) is 0 Å². The van der Waals surface area contributed by atoms with Gasteiger partial charge in [-0.1, -0.05) is 61.0 Å². The minimum Gasteiger partial charge on any atom is -0.464 e. The Labute approximate surface area is 184 Å². The van der Waals surface area contributed by atoms with Crippen LogP contribution in [0.4, 0.5) is 0 Å². The lowest BCUT2D eigenvalue weighted by atomic mass is 9.96. The summed E-state index contributed by atoms with van der Waals surface area (Å²) >= 11 is 6.11. The van der Waals surface area contributed by atoms with Crippen molar-refractivity contribution in [2.24, 2.45) is 0 Å². The molecule has 0 N–H and O–H groups in total. The van der Waals surface area contributed by atoms with Crippen molar-refractivity contribution in [3.8, 4) is 0 Å². The number of carbonyl (C=O) groups excluding carboxylic acids is 1. The number of carbonyl (C=O) groups is 1. The van der Waals surface area contributed by atoms with Crippen molar-refractivity contribution >= 4 is 17.6 Å². The largest absolute Gasteiger partial charge is 0.464 e. The van der Waals surface area contributed by atoms with E-state index >= 15 is 0 Å². The Morgan fingerprint density at radius 1 is 0.967 bits per heavy atom. The van der Waals surface area contributed by atoms with E-state index in [0.29, 0.717) is 13.2 Å². The lowest BCUT2D eigenvalue weighted by Gasteiger charge is -2.39. The molecular formula is C24H31ClN2O3. The van der Waals surface area contributed by atoms with Crippen molar-refractivity contribution < 1.29 is 14.3 Å². The predicted octanol–water partition coefficient (Wildman–Crippen LogP) is 4.02. The molecule has 0 saturated carbocycles. The maximum Gasteiger partial charge on any atom is 0.332 e. The van der Waals surface area contributed by atoms with Crippen LogP contribution in [0.3, 0.4) is 0 Å². The third kappa shape index (κ3) is 6.81. The smallest absolute Gasteiger partial charge is 0.332 e.